The Balaban J connectivity index is 1.49. The quantitative estimate of drug-likeness (QED) is 0.822. The number of nitrogens with one attached hydrogen (secondary N) is 1. The maximum atomic E-state index is 12.0. The van der Waals surface area contributed by atoms with Crippen LogP contribution in [-0.2, 0) is 16.4 Å². The van der Waals surface area contributed by atoms with E-state index in [1.807, 2.05) is 35.7 Å². The van der Waals surface area contributed by atoms with Gasteiger partial charge in [-0.05, 0) is 24.5 Å². The predicted octanol–water partition coefficient (Wildman–Crippen LogP) is 2.88. The smallest absolute Gasteiger partial charge is 0.233 e. The molecular formula is C17H21N3O2S2. The number of anilines is 1. The molecule has 1 N–H and O–H groups in total. The van der Waals surface area contributed by atoms with Crippen LogP contribution < -0.4 is 9.62 Å². The first kappa shape index (κ1) is 17.1. The Hall–Kier alpha value is -1.70. The molecule has 0 aliphatic carbocycles. The van der Waals surface area contributed by atoms with Gasteiger partial charge in [0.15, 0.2) is 5.13 Å². The Labute approximate surface area is 147 Å². The van der Waals surface area contributed by atoms with Crippen molar-refractivity contribution in [1.29, 1.82) is 0 Å². The molecule has 0 radical (unpaired) electrons. The van der Waals surface area contributed by atoms with Gasteiger partial charge in [-0.25, -0.2) is 18.1 Å². The molecule has 24 heavy (non-hydrogen) atoms. The molecule has 0 bridgehead atoms. The maximum Gasteiger partial charge on any atom is 0.233 e. The molecule has 1 aromatic heterocycles. The van der Waals surface area contributed by atoms with Gasteiger partial charge in [0.05, 0.1) is 5.69 Å². The van der Waals surface area contributed by atoms with Gasteiger partial charge in [-0.1, -0.05) is 30.3 Å². The minimum absolute atomic E-state index is 0.352. The third-order valence-electron chi connectivity index (χ3n) is 3.84. The first-order valence-corrected chi connectivity index (χ1v) is 10.5. The van der Waals surface area contributed by atoms with Crippen LogP contribution in [0, 0.1) is 0 Å². The summed E-state index contributed by atoms with van der Waals surface area (Å²) in [6, 6.07) is 9.37. The molecule has 128 valence electrons. The highest BCUT2D eigenvalue weighted by Crippen LogP contribution is 2.24. The number of rotatable bonds is 7. The van der Waals surface area contributed by atoms with E-state index in [9.17, 15) is 8.42 Å². The Kier molecular flexibility index (Phi) is 5.65. The van der Waals surface area contributed by atoms with E-state index in [1.54, 1.807) is 17.4 Å². The minimum Gasteiger partial charge on any atom is -0.348 e. The second kappa shape index (κ2) is 7.92. The largest absolute Gasteiger partial charge is 0.348 e. The summed E-state index contributed by atoms with van der Waals surface area (Å²) in [6.07, 6.45) is 4.64. The van der Waals surface area contributed by atoms with Crippen molar-refractivity contribution in [1.82, 2.24) is 9.71 Å². The van der Waals surface area contributed by atoms with Crippen molar-refractivity contribution < 1.29 is 8.42 Å². The van der Waals surface area contributed by atoms with Gasteiger partial charge in [-0.15, -0.1) is 11.3 Å². The van der Waals surface area contributed by atoms with Gasteiger partial charge in [0.25, 0.3) is 0 Å². The standard InChI is InChI=1S/C17H21N3O2S2/c21-24(22,13-9-15-6-2-1-3-7-15)18-10-8-16-14-23-17(19-16)20-11-4-5-12-20/h1-3,6-7,9,13-14,18H,4-5,8,10-12H2. The zero-order chi connectivity index (χ0) is 16.8. The number of hydrogen-bond acceptors (Lipinski definition) is 5. The zero-order valence-corrected chi connectivity index (χ0v) is 15.0. The summed E-state index contributed by atoms with van der Waals surface area (Å²) in [7, 11) is -3.42. The third kappa shape index (κ3) is 4.90. The first-order chi connectivity index (χ1) is 11.6. The minimum atomic E-state index is -3.42. The number of nitrogens with zero attached hydrogens (tertiary/aromatic N) is 2. The summed E-state index contributed by atoms with van der Waals surface area (Å²) in [6.45, 7) is 2.50. The van der Waals surface area contributed by atoms with Crippen molar-refractivity contribution in [3.8, 4) is 0 Å². The summed E-state index contributed by atoms with van der Waals surface area (Å²) in [5.74, 6) is 0. The molecule has 0 unspecified atom stereocenters. The van der Waals surface area contributed by atoms with Crippen LogP contribution >= 0.6 is 11.3 Å². The van der Waals surface area contributed by atoms with Gasteiger partial charge >= 0.3 is 0 Å². The zero-order valence-electron chi connectivity index (χ0n) is 13.4. The van der Waals surface area contributed by atoms with Crippen molar-refractivity contribution >= 4 is 32.6 Å². The molecular weight excluding hydrogens is 342 g/mol. The van der Waals surface area contributed by atoms with Gasteiger partial charge in [-0.2, -0.15) is 0 Å². The van der Waals surface area contributed by atoms with E-state index < -0.39 is 10.0 Å². The van der Waals surface area contributed by atoms with Crippen LogP contribution in [0.15, 0.2) is 41.1 Å². The average Bonchev–Trinajstić information content (AvgIpc) is 3.25. The molecule has 2 aromatic rings. The van der Waals surface area contributed by atoms with E-state index in [2.05, 4.69) is 14.6 Å². The van der Waals surface area contributed by atoms with E-state index in [4.69, 9.17) is 0 Å². The summed E-state index contributed by atoms with van der Waals surface area (Å²) >= 11 is 1.64. The van der Waals surface area contributed by atoms with Crippen LogP contribution in [0.1, 0.15) is 24.1 Å². The highest BCUT2D eigenvalue weighted by atomic mass is 32.2. The predicted molar refractivity (Wildman–Crippen MR) is 99.7 cm³/mol. The lowest BCUT2D eigenvalue weighted by atomic mass is 10.2. The summed E-state index contributed by atoms with van der Waals surface area (Å²) in [4.78, 5) is 6.89. The molecule has 2 heterocycles. The number of benzene rings is 1. The molecule has 0 amide bonds. The van der Waals surface area contributed by atoms with Crippen LogP contribution in [0.2, 0.25) is 0 Å². The lowest BCUT2D eigenvalue weighted by Crippen LogP contribution is -2.24. The number of thiazole rings is 1. The van der Waals surface area contributed by atoms with E-state index in [1.165, 1.54) is 18.2 Å². The fourth-order valence-electron chi connectivity index (χ4n) is 2.57. The number of aromatic nitrogens is 1. The van der Waals surface area contributed by atoms with Crippen molar-refractivity contribution in [3.63, 3.8) is 0 Å². The monoisotopic (exact) mass is 363 g/mol. The normalized spacial score (nSPS) is 15.4. The molecule has 5 nitrogen and oxygen atoms in total. The van der Waals surface area contributed by atoms with Crippen LogP contribution in [-0.4, -0.2) is 33.0 Å². The molecule has 0 saturated carbocycles. The lowest BCUT2D eigenvalue weighted by Gasteiger charge is -2.12. The Morgan fingerprint density at radius 1 is 1.21 bits per heavy atom. The Morgan fingerprint density at radius 2 is 1.96 bits per heavy atom. The molecule has 1 saturated heterocycles. The second-order valence-electron chi connectivity index (χ2n) is 5.72. The number of hydrogen-bond donors (Lipinski definition) is 1. The summed E-state index contributed by atoms with van der Waals surface area (Å²) < 4.78 is 26.6. The fraction of sp³-hybridized carbons (Fsp3) is 0.353. The topological polar surface area (TPSA) is 62.3 Å². The van der Waals surface area contributed by atoms with Gasteiger partial charge < -0.3 is 4.90 Å². The van der Waals surface area contributed by atoms with Crippen molar-refractivity contribution in [2.45, 2.75) is 19.3 Å². The molecule has 3 rings (SSSR count). The van der Waals surface area contributed by atoms with Crippen LogP contribution in [0.5, 0.6) is 0 Å². The molecule has 0 atom stereocenters. The van der Waals surface area contributed by atoms with Gasteiger partial charge in [0, 0.05) is 36.8 Å². The van der Waals surface area contributed by atoms with Crippen molar-refractivity contribution in [3.05, 3.63) is 52.4 Å². The summed E-state index contributed by atoms with van der Waals surface area (Å²) in [5.41, 5.74) is 1.80. The van der Waals surface area contributed by atoms with Gasteiger partial charge in [-0.3, -0.25) is 0 Å². The lowest BCUT2D eigenvalue weighted by molar-refractivity contribution is 0.591. The molecule has 1 fully saturated rings. The van der Waals surface area contributed by atoms with Crippen molar-refractivity contribution in [2.75, 3.05) is 24.5 Å². The van der Waals surface area contributed by atoms with Gasteiger partial charge in [0.1, 0.15) is 0 Å². The average molecular weight is 364 g/mol. The maximum absolute atomic E-state index is 12.0. The van der Waals surface area contributed by atoms with Crippen LogP contribution in [0.3, 0.4) is 0 Å². The Morgan fingerprint density at radius 3 is 2.71 bits per heavy atom. The van der Waals surface area contributed by atoms with Gasteiger partial charge in [0.2, 0.25) is 10.0 Å². The molecule has 1 aromatic carbocycles. The number of sulfonamides is 1. The molecule has 1 aliphatic rings. The highest BCUT2D eigenvalue weighted by molar-refractivity contribution is 7.92. The molecule has 0 spiro atoms. The highest BCUT2D eigenvalue weighted by Gasteiger charge is 2.15. The fourth-order valence-corrected chi connectivity index (χ4v) is 4.30. The van der Waals surface area contributed by atoms with E-state index in [0.717, 1.165) is 29.5 Å². The summed E-state index contributed by atoms with van der Waals surface area (Å²) in [5, 5.41) is 4.27. The van der Waals surface area contributed by atoms with E-state index >= 15 is 0 Å². The molecule has 7 heteroatoms. The van der Waals surface area contributed by atoms with E-state index in [0.29, 0.717) is 13.0 Å². The first-order valence-electron chi connectivity index (χ1n) is 8.04. The van der Waals surface area contributed by atoms with Crippen LogP contribution in [0.25, 0.3) is 6.08 Å². The van der Waals surface area contributed by atoms with Crippen molar-refractivity contribution in [2.24, 2.45) is 0 Å². The van der Waals surface area contributed by atoms with E-state index in [-0.39, 0.29) is 0 Å². The second-order valence-corrected chi connectivity index (χ2v) is 8.21. The van der Waals surface area contributed by atoms with Crippen LogP contribution in [0.4, 0.5) is 5.13 Å². The molecule has 1 aliphatic heterocycles. The Bertz CT molecular complexity index is 779. The third-order valence-corrected chi connectivity index (χ3v) is 5.89. The SMILES string of the molecule is O=S(=O)(C=Cc1ccccc1)NCCc1csc(N2CCCC2)n1.